The quantitative estimate of drug-likeness (QED) is 0.0206. The third-order valence-electron chi connectivity index (χ3n) is 13.7. The van der Waals surface area contributed by atoms with E-state index < -0.39 is 86.8 Å². The van der Waals surface area contributed by atoms with Gasteiger partial charge in [-0.15, -0.1) is 0 Å². The van der Waals surface area contributed by atoms with Crippen LogP contribution >= 0.6 is 0 Å². The molecule has 0 spiro atoms. The lowest BCUT2D eigenvalue weighted by Crippen LogP contribution is -2.65. The van der Waals surface area contributed by atoms with E-state index in [9.17, 15) is 45.6 Å². The van der Waals surface area contributed by atoms with Crippen molar-refractivity contribution >= 4 is 5.91 Å². The molecule has 2 fully saturated rings. The number of hydrogen-bond acceptors (Lipinski definition) is 13. The second-order valence-electron chi connectivity index (χ2n) is 20.1. The Kier molecular flexibility index (Phi) is 39.6. The van der Waals surface area contributed by atoms with Crippen molar-refractivity contribution in [1.29, 1.82) is 0 Å². The summed E-state index contributed by atoms with van der Waals surface area (Å²) in [6.45, 7) is 2.75. The van der Waals surface area contributed by atoms with Gasteiger partial charge in [0, 0.05) is 6.42 Å². The van der Waals surface area contributed by atoms with E-state index in [2.05, 4.69) is 55.6 Å². The maximum atomic E-state index is 13.2. The first kappa shape index (κ1) is 65.1. The molecule has 1 amide bonds. The molecule has 0 aromatic carbocycles. The number of nitrogens with one attached hydrogen (secondary N) is 1. The summed E-state index contributed by atoms with van der Waals surface area (Å²) in [4.78, 5) is 13.2. The van der Waals surface area contributed by atoms with Crippen LogP contribution in [-0.4, -0.2) is 140 Å². The van der Waals surface area contributed by atoms with Crippen LogP contribution in [0.4, 0.5) is 0 Å². The number of aliphatic hydroxyl groups is 8. The minimum absolute atomic E-state index is 0.257. The summed E-state index contributed by atoms with van der Waals surface area (Å²) in [5, 5.41) is 86.9. The average Bonchev–Trinajstić information content (AvgIpc) is 3.37. The number of hydrogen-bond donors (Lipinski definition) is 9. The van der Waals surface area contributed by atoms with E-state index in [1.165, 1.54) is 122 Å². The predicted octanol–water partition coefficient (Wildman–Crippen LogP) is 8.83. The lowest BCUT2D eigenvalue weighted by Gasteiger charge is -2.46. The van der Waals surface area contributed by atoms with Gasteiger partial charge in [0.1, 0.15) is 48.8 Å². The topological polar surface area (TPSA) is 228 Å². The Morgan fingerprint density at radius 1 is 0.507 bits per heavy atom. The molecule has 0 saturated carbocycles. The van der Waals surface area contributed by atoms with Crippen molar-refractivity contribution in [3.63, 3.8) is 0 Å². The van der Waals surface area contributed by atoms with Crippen LogP contribution in [0, 0.1) is 0 Å². The smallest absolute Gasteiger partial charge is 0.220 e. The highest BCUT2D eigenvalue weighted by atomic mass is 16.7. The third-order valence-corrected chi connectivity index (χ3v) is 13.7. The molecule has 0 aliphatic carbocycles. The molecule has 0 radical (unpaired) electrons. The molecule has 414 valence electrons. The lowest BCUT2D eigenvalue weighted by atomic mass is 9.97. The Morgan fingerprint density at radius 3 is 1.48 bits per heavy atom. The molecule has 0 aromatic rings. The summed E-state index contributed by atoms with van der Waals surface area (Å²) in [6, 6.07) is -0.939. The van der Waals surface area contributed by atoms with Gasteiger partial charge in [0.15, 0.2) is 12.6 Å². The number of unbranched alkanes of at least 4 members (excludes halogenated alkanes) is 25. The highest BCUT2D eigenvalue weighted by molar-refractivity contribution is 5.76. The van der Waals surface area contributed by atoms with Crippen LogP contribution in [0.5, 0.6) is 0 Å². The molecule has 2 saturated heterocycles. The first-order valence-electron chi connectivity index (χ1n) is 28.4. The van der Waals surface area contributed by atoms with Crippen LogP contribution in [0.3, 0.4) is 0 Å². The number of aliphatic hydroxyl groups excluding tert-OH is 8. The Balaban J connectivity index is 1.82. The number of carbonyl (C=O) groups excluding carboxylic acids is 1. The Hall–Kier alpha value is -2.05. The second kappa shape index (κ2) is 43.2. The van der Waals surface area contributed by atoms with Crippen molar-refractivity contribution in [2.75, 3.05) is 19.8 Å². The van der Waals surface area contributed by atoms with E-state index in [0.29, 0.717) is 12.8 Å². The van der Waals surface area contributed by atoms with Gasteiger partial charge in [-0.1, -0.05) is 191 Å². The van der Waals surface area contributed by atoms with Crippen LogP contribution in [0.25, 0.3) is 0 Å². The molecule has 14 heteroatoms. The van der Waals surface area contributed by atoms with Crippen LogP contribution in [-0.2, 0) is 23.7 Å². The normalized spacial score (nSPS) is 26.1. The monoisotopic (exact) mass is 1010 g/mol. The van der Waals surface area contributed by atoms with Gasteiger partial charge in [-0.25, -0.2) is 0 Å². The maximum absolute atomic E-state index is 13.2. The minimum Gasteiger partial charge on any atom is -0.394 e. The second-order valence-corrected chi connectivity index (χ2v) is 20.1. The van der Waals surface area contributed by atoms with E-state index in [4.69, 9.17) is 18.9 Å². The fourth-order valence-electron chi connectivity index (χ4n) is 9.10. The van der Waals surface area contributed by atoms with E-state index in [1.54, 1.807) is 6.08 Å². The van der Waals surface area contributed by atoms with Gasteiger partial charge in [-0.05, 0) is 64.2 Å². The van der Waals surface area contributed by atoms with Crippen LogP contribution in [0.2, 0.25) is 0 Å². The first-order chi connectivity index (χ1) is 34.6. The molecule has 71 heavy (non-hydrogen) atoms. The van der Waals surface area contributed by atoms with Gasteiger partial charge in [0.05, 0.1) is 32.0 Å². The fourth-order valence-corrected chi connectivity index (χ4v) is 9.10. The van der Waals surface area contributed by atoms with E-state index in [1.807, 2.05) is 6.08 Å². The van der Waals surface area contributed by atoms with Gasteiger partial charge < -0.3 is 65.1 Å². The fraction of sp³-hybridized carbons (Fsp3) is 0.842. The maximum Gasteiger partial charge on any atom is 0.220 e. The molecule has 0 bridgehead atoms. The summed E-state index contributed by atoms with van der Waals surface area (Å²) in [5.41, 5.74) is 0. The summed E-state index contributed by atoms with van der Waals surface area (Å²) < 4.78 is 22.7. The standard InChI is InChI=1S/C57H103NO13/c1-3-5-7-9-11-13-15-17-19-21-22-23-24-25-26-28-30-32-34-36-38-40-46(61)45(58-49(62)41-39-37-35-33-31-29-27-20-18-16-14-12-10-8-6-4-2)44-68-56-54(67)52(65)55(48(43-60)70-56)71-57-53(66)51(64)50(63)47(42-59)69-57/h14,16,20,27,30,32,38,40,45-48,50-57,59-61,63-67H,3-13,15,17-19,21-26,28-29,31,33-37,39,41-44H2,1-2H3,(H,58,62)/b16-14-,27-20-,32-30+,40-38+. The molecule has 14 nitrogen and oxygen atoms in total. The molecule has 12 unspecified atom stereocenters. The van der Waals surface area contributed by atoms with Crippen molar-refractivity contribution in [3.05, 3.63) is 48.6 Å². The summed E-state index contributed by atoms with van der Waals surface area (Å²) in [6.07, 6.45) is 35.8. The SMILES string of the molecule is CCCCCC/C=C\C/C=C\CCCCCCCC(=O)NC(COC1OC(CO)C(OC2OC(CO)C(O)C(O)C2O)C(O)C1O)C(O)/C=C/CC/C=C/CCCCCCCCCCCCCCCCC. The van der Waals surface area contributed by atoms with E-state index in [0.717, 1.165) is 57.8 Å². The Bertz CT molecular complexity index is 1380. The zero-order chi connectivity index (χ0) is 51.7. The van der Waals surface area contributed by atoms with Crippen molar-refractivity contribution in [3.8, 4) is 0 Å². The van der Waals surface area contributed by atoms with Gasteiger partial charge in [0.2, 0.25) is 5.91 Å². The lowest BCUT2D eigenvalue weighted by molar-refractivity contribution is -0.359. The number of ether oxygens (including phenoxy) is 4. The average molecular weight is 1010 g/mol. The molecule has 2 aliphatic rings. The largest absolute Gasteiger partial charge is 0.394 e. The minimum atomic E-state index is -1.79. The molecule has 9 N–H and O–H groups in total. The van der Waals surface area contributed by atoms with Gasteiger partial charge in [-0.3, -0.25) is 4.79 Å². The van der Waals surface area contributed by atoms with Crippen molar-refractivity contribution in [2.24, 2.45) is 0 Å². The molecule has 2 rings (SSSR count). The van der Waals surface area contributed by atoms with Crippen molar-refractivity contribution in [2.45, 2.75) is 286 Å². The molecular formula is C57H103NO13. The predicted molar refractivity (Wildman–Crippen MR) is 281 cm³/mol. The van der Waals surface area contributed by atoms with Crippen LogP contribution in [0.15, 0.2) is 48.6 Å². The van der Waals surface area contributed by atoms with Gasteiger partial charge >= 0.3 is 0 Å². The zero-order valence-corrected chi connectivity index (χ0v) is 44.2. The number of amides is 1. The zero-order valence-electron chi connectivity index (χ0n) is 44.2. The molecule has 0 aromatic heterocycles. The highest BCUT2D eigenvalue weighted by Gasteiger charge is 2.51. The number of allylic oxidation sites excluding steroid dienone is 7. The molecule has 2 aliphatic heterocycles. The molecule has 2 heterocycles. The Morgan fingerprint density at radius 2 is 0.944 bits per heavy atom. The summed E-state index contributed by atoms with van der Waals surface area (Å²) in [7, 11) is 0. The number of rotatable bonds is 44. The third kappa shape index (κ3) is 29.6. The van der Waals surface area contributed by atoms with Crippen LogP contribution < -0.4 is 5.32 Å². The first-order valence-corrected chi connectivity index (χ1v) is 28.4. The van der Waals surface area contributed by atoms with E-state index >= 15 is 0 Å². The van der Waals surface area contributed by atoms with Gasteiger partial charge in [-0.2, -0.15) is 0 Å². The summed E-state index contributed by atoms with van der Waals surface area (Å²) in [5.74, 6) is -0.263. The molecule has 12 atom stereocenters. The van der Waals surface area contributed by atoms with E-state index in [-0.39, 0.29) is 18.9 Å². The van der Waals surface area contributed by atoms with Gasteiger partial charge in [0.25, 0.3) is 0 Å². The molecular weight excluding hydrogens is 907 g/mol. The number of carbonyl (C=O) groups is 1. The van der Waals surface area contributed by atoms with Crippen molar-refractivity contribution < 1.29 is 64.6 Å². The summed E-state index contributed by atoms with van der Waals surface area (Å²) >= 11 is 0. The van der Waals surface area contributed by atoms with Crippen LogP contribution in [0.1, 0.15) is 213 Å². The Labute approximate surface area is 429 Å². The highest BCUT2D eigenvalue weighted by Crippen LogP contribution is 2.30. The van der Waals surface area contributed by atoms with Crippen molar-refractivity contribution in [1.82, 2.24) is 5.32 Å².